The molecule has 90 valence electrons. The molecule has 0 radical (unpaired) electrons. The summed E-state index contributed by atoms with van der Waals surface area (Å²) in [7, 11) is 1.71. The Morgan fingerprint density at radius 1 is 1.25 bits per heavy atom. The highest BCUT2D eigenvalue weighted by molar-refractivity contribution is 5.58. The number of anilines is 1. The third-order valence-corrected chi connectivity index (χ3v) is 2.55. The number of nitrogens with two attached hydrogens (primary N) is 1. The smallest absolute Gasteiger partial charge is 0.142 e. The SMILES string of the molecule is CCCN(CCCN)c1ccccc1OC. The van der Waals surface area contributed by atoms with E-state index < -0.39 is 0 Å². The molecule has 1 aromatic carbocycles. The van der Waals surface area contributed by atoms with E-state index in [9.17, 15) is 0 Å². The Balaban J connectivity index is 2.81. The van der Waals surface area contributed by atoms with Crippen LogP contribution in [0, 0.1) is 0 Å². The van der Waals surface area contributed by atoms with Gasteiger partial charge in [0.15, 0.2) is 0 Å². The number of hydrogen-bond acceptors (Lipinski definition) is 3. The topological polar surface area (TPSA) is 38.5 Å². The average Bonchev–Trinajstić information content (AvgIpc) is 2.34. The van der Waals surface area contributed by atoms with E-state index in [2.05, 4.69) is 17.9 Å². The largest absolute Gasteiger partial charge is 0.495 e. The fraction of sp³-hybridized carbons (Fsp3) is 0.538. The van der Waals surface area contributed by atoms with E-state index in [1.807, 2.05) is 18.2 Å². The Bertz CT molecular complexity index is 302. The summed E-state index contributed by atoms with van der Waals surface area (Å²) in [5.41, 5.74) is 6.73. The summed E-state index contributed by atoms with van der Waals surface area (Å²) in [6, 6.07) is 8.14. The molecule has 0 saturated carbocycles. The van der Waals surface area contributed by atoms with Crippen LogP contribution in [0.25, 0.3) is 0 Å². The van der Waals surface area contributed by atoms with Crippen molar-refractivity contribution in [3.8, 4) is 5.75 Å². The van der Waals surface area contributed by atoms with E-state index in [4.69, 9.17) is 10.5 Å². The Labute approximate surface area is 98.2 Å². The minimum Gasteiger partial charge on any atom is -0.495 e. The van der Waals surface area contributed by atoms with Crippen molar-refractivity contribution in [2.75, 3.05) is 31.6 Å². The van der Waals surface area contributed by atoms with Crippen LogP contribution in [0.4, 0.5) is 5.69 Å². The zero-order valence-corrected chi connectivity index (χ0v) is 10.3. The van der Waals surface area contributed by atoms with Crippen LogP contribution in [0.3, 0.4) is 0 Å². The molecule has 1 rings (SSSR count). The molecule has 0 heterocycles. The zero-order valence-electron chi connectivity index (χ0n) is 10.3. The molecule has 16 heavy (non-hydrogen) atoms. The molecule has 2 N–H and O–H groups in total. The van der Waals surface area contributed by atoms with Crippen molar-refractivity contribution < 1.29 is 4.74 Å². The van der Waals surface area contributed by atoms with Crippen molar-refractivity contribution in [2.24, 2.45) is 5.73 Å². The minimum absolute atomic E-state index is 0.732. The lowest BCUT2D eigenvalue weighted by atomic mass is 10.2. The van der Waals surface area contributed by atoms with Gasteiger partial charge in [-0.15, -0.1) is 0 Å². The van der Waals surface area contributed by atoms with E-state index in [-0.39, 0.29) is 0 Å². The van der Waals surface area contributed by atoms with Crippen LogP contribution in [0.5, 0.6) is 5.75 Å². The number of methoxy groups -OCH3 is 1. The molecular weight excluding hydrogens is 200 g/mol. The summed E-state index contributed by atoms with van der Waals surface area (Å²) in [4.78, 5) is 2.34. The molecule has 0 spiro atoms. The van der Waals surface area contributed by atoms with Crippen molar-refractivity contribution in [1.29, 1.82) is 0 Å². The van der Waals surface area contributed by atoms with Crippen LogP contribution in [0.15, 0.2) is 24.3 Å². The van der Waals surface area contributed by atoms with E-state index in [1.165, 1.54) is 5.69 Å². The molecule has 0 saturated heterocycles. The number of ether oxygens (including phenoxy) is 1. The van der Waals surface area contributed by atoms with Crippen molar-refractivity contribution in [2.45, 2.75) is 19.8 Å². The summed E-state index contributed by atoms with van der Waals surface area (Å²) in [5, 5.41) is 0. The lowest BCUT2D eigenvalue weighted by Crippen LogP contribution is -2.27. The van der Waals surface area contributed by atoms with Gasteiger partial charge in [-0.05, 0) is 31.5 Å². The number of para-hydroxylation sites is 2. The summed E-state index contributed by atoms with van der Waals surface area (Å²) in [6.07, 6.45) is 2.14. The normalized spacial score (nSPS) is 10.2. The van der Waals surface area contributed by atoms with Gasteiger partial charge in [0.2, 0.25) is 0 Å². The molecule has 0 aliphatic carbocycles. The third-order valence-electron chi connectivity index (χ3n) is 2.55. The number of nitrogens with zero attached hydrogens (tertiary/aromatic N) is 1. The van der Waals surface area contributed by atoms with E-state index in [0.717, 1.165) is 38.2 Å². The summed E-state index contributed by atoms with van der Waals surface area (Å²) < 4.78 is 5.38. The van der Waals surface area contributed by atoms with E-state index in [1.54, 1.807) is 7.11 Å². The van der Waals surface area contributed by atoms with Crippen LogP contribution in [0.1, 0.15) is 19.8 Å². The molecular formula is C13H22N2O. The van der Waals surface area contributed by atoms with E-state index in [0.29, 0.717) is 0 Å². The first-order valence-corrected chi connectivity index (χ1v) is 5.91. The van der Waals surface area contributed by atoms with Crippen LogP contribution >= 0.6 is 0 Å². The first kappa shape index (κ1) is 12.8. The first-order chi connectivity index (χ1) is 7.83. The van der Waals surface area contributed by atoms with Gasteiger partial charge >= 0.3 is 0 Å². The monoisotopic (exact) mass is 222 g/mol. The fourth-order valence-corrected chi connectivity index (χ4v) is 1.80. The van der Waals surface area contributed by atoms with Gasteiger partial charge in [0, 0.05) is 13.1 Å². The maximum absolute atomic E-state index is 5.56. The first-order valence-electron chi connectivity index (χ1n) is 5.91. The maximum atomic E-state index is 5.56. The lowest BCUT2D eigenvalue weighted by molar-refractivity contribution is 0.414. The van der Waals surface area contributed by atoms with Gasteiger partial charge in [-0.1, -0.05) is 19.1 Å². The zero-order chi connectivity index (χ0) is 11.8. The average molecular weight is 222 g/mol. The Morgan fingerprint density at radius 2 is 2.00 bits per heavy atom. The van der Waals surface area contributed by atoms with Gasteiger partial charge in [-0.2, -0.15) is 0 Å². The predicted molar refractivity (Wildman–Crippen MR) is 69.2 cm³/mol. The number of rotatable bonds is 7. The molecule has 0 unspecified atom stereocenters. The number of benzene rings is 1. The van der Waals surface area contributed by atoms with Gasteiger partial charge in [0.1, 0.15) is 5.75 Å². The molecule has 0 fully saturated rings. The quantitative estimate of drug-likeness (QED) is 0.769. The van der Waals surface area contributed by atoms with Gasteiger partial charge in [0.25, 0.3) is 0 Å². The van der Waals surface area contributed by atoms with Gasteiger partial charge < -0.3 is 15.4 Å². The minimum atomic E-state index is 0.732. The van der Waals surface area contributed by atoms with Gasteiger partial charge in [-0.25, -0.2) is 0 Å². The molecule has 0 bridgehead atoms. The summed E-state index contributed by atoms with van der Waals surface area (Å²) in [6.45, 7) is 4.95. The summed E-state index contributed by atoms with van der Waals surface area (Å²) in [5.74, 6) is 0.938. The fourth-order valence-electron chi connectivity index (χ4n) is 1.80. The molecule has 0 aromatic heterocycles. The van der Waals surface area contributed by atoms with Crippen molar-refractivity contribution in [3.63, 3.8) is 0 Å². The van der Waals surface area contributed by atoms with Crippen LogP contribution in [-0.4, -0.2) is 26.7 Å². The van der Waals surface area contributed by atoms with Gasteiger partial charge in [0.05, 0.1) is 12.8 Å². The standard InChI is InChI=1S/C13H22N2O/c1-3-10-15(11-6-9-14)12-7-4-5-8-13(12)16-2/h4-5,7-8H,3,6,9-11,14H2,1-2H3. The highest BCUT2D eigenvalue weighted by Crippen LogP contribution is 2.27. The maximum Gasteiger partial charge on any atom is 0.142 e. The Hall–Kier alpha value is -1.22. The highest BCUT2D eigenvalue weighted by Gasteiger charge is 2.09. The molecule has 3 heteroatoms. The second-order valence-corrected chi connectivity index (χ2v) is 3.80. The van der Waals surface area contributed by atoms with Crippen LogP contribution in [-0.2, 0) is 0 Å². The molecule has 0 aliphatic heterocycles. The molecule has 0 atom stereocenters. The molecule has 0 aliphatic rings. The van der Waals surface area contributed by atoms with Crippen LogP contribution in [0.2, 0.25) is 0 Å². The number of hydrogen-bond donors (Lipinski definition) is 1. The Kier molecular flexibility index (Phi) is 5.72. The third kappa shape index (κ3) is 3.42. The second-order valence-electron chi connectivity index (χ2n) is 3.80. The molecule has 0 amide bonds. The second kappa shape index (κ2) is 7.12. The molecule has 1 aromatic rings. The highest BCUT2D eigenvalue weighted by atomic mass is 16.5. The lowest BCUT2D eigenvalue weighted by Gasteiger charge is -2.25. The summed E-state index contributed by atoms with van der Waals surface area (Å²) >= 11 is 0. The Morgan fingerprint density at radius 3 is 2.62 bits per heavy atom. The molecule has 3 nitrogen and oxygen atoms in total. The van der Waals surface area contributed by atoms with Crippen molar-refractivity contribution in [1.82, 2.24) is 0 Å². The van der Waals surface area contributed by atoms with Crippen LogP contribution < -0.4 is 15.4 Å². The van der Waals surface area contributed by atoms with Crippen molar-refractivity contribution in [3.05, 3.63) is 24.3 Å². The van der Waals surface area contributed by atoms with Gasteiger partial charge in [-0.3, -0.25) is 0 Å². The van der Waals surface area contributed by atoms with E-state index >= 15 is 0 Å². The van der Waals surface area contributed by atoms with Crippen molar-refractivity contribution >= 4 is 5.69 Å². The predicted octanol–water partition coefficient (Wildman–Crippen LogP) is 2.26.